The second-order valence-electron chi connectivity index (χ2n) is 2.17. The molecule has 0 atom stereocenters. The van der Waals surface area contributed by atoms with E-state index in [2.05, 4.69) is 4.74 Å². The van der Waals surface area contributed by atoms with Crippen LogP contribution in [0, 0.1) is 0 Å². The molecule has 84 valence electrons. The molecule has 5 nitrogen and oxygen atoms in total. The summed E-state index contributed by atoms with van der Waals surface area (Å²) in [6, 6.07) is 0. The van der Waals surface area contributed by atoms with Gasteiger partial charge in [-0.05, 0) is 13.8 Å². The lowest BCUT2D eigenvalue weighted by Gasteiger charge is -2.17. The zero-order chi connectivity index (χ0) is 11.6. The largest absolute Gasteiger partial charge is 0.440 e. The Morgan fingerprint density at radius 2 is 1.64 bits per heavy atom. The lowest BCUT2D eigenvalue weighted by Crippen LogP contribution is -2.34. The van der Waals surface area contributed by atoms with Crippen molar-refractivity contribution in [2.24, 2.45) is 5.73 Å². The molecule has 0 fully saturated rings. The van der Waals surface area contributed by atoms with Crippen molar-refractivity contribution in [1.29, 1.82) is 0 Å². The van der Waals surface area contributed by atoms with Crippen molar-refractivity contribution in [2.45, 2.75) is 27.7 Å². The lowest BCUT2D eigenvalue weighted by atomic mass is 10.5. The average molecular weight is 204 g/mol. The number of nitrogens with two attached hydrogens (primary N) is 1. The fourth-order valence-corrected chi connectivity index (χ4v) is 0.800. The first-order chi connectivity index (χ1) is 6.61. The average Bonchev–Trinajstić information content (AvgIpc) is 2.19. The van der Waals surface area contributed by atoms with E-state index >= 15 is 0 Å². The van der Waals surface area contributed by atoms with Gasteiger partial charge in [-0.15, -0.1) is 0 Å². The molecule has 0 heterocycles. The minimum absolute atomic E-state index is 0.223. The van der Waals surface area contributed by atoms with Crippen LogP contribution in [0.3, 0.4) is 0 Å². The van der Waals surface area contributed by atoms with Crippen molar-refractivity contribution in [1.82, 2.24) is 4.90 Å². The highest BCUT2D eigenvalue weighted by Gasteiger charge is 2.10. The first-order valence-electron chi connectivity index (χ1n) is 4.81. The van der Waals surface area contributed by atoms with Crippen LogP contribution in [0.15, 0.2) is 0 Å². The standard InChI is InChI=1S/C7H14N2O3.C2H6/c1-3-9(4-2)6(10)5-12-7(8)11;1-2/h3-5H2,1-2H3,(H2,8,11);1-2H3. The second kappa shape index (κ2) is 9.83. The quantitative estimate of drug-likeness (QED) is 0.741. The van der Waals surface area contributed by atoms with E-state index in [4.69, 9.17) is 5.73 Å². The number of ether oxygens (including phenoxy) is 1. The van der Waals surface area contributed by atoms with Crippen LogP contribution in [0.5, 0.6) is 0 Å². The first kappa shape index (κ1) is 15.2. The van der Waals surface area contributed by atoms with E-state index in [1.807, 2.05) is 27.7 Å². The number of rotatable bonds is 4. The topological polar surface area (TPSA) is 72.6 Å². The van der Waals surface area contributed by atoms with E-state index in [9.17, 15) is 9.59 Å². The van der Waals surface area contributed by atoms with E-state index < -0.39 is 6.09 Å². The Balaban J connectivity index is 0. The third kappa shape index (κ3) is 7.39. The Morgan fingerprint density at radius 1 is 1.21 bits per heavy atom. The summed E-state index contributed by atoms with van der Waals surface area (Å²) in [6.45, 7) is 8.66. The molecule has 2 amide bonds. The summed E-state index contributed by atoms with van der Waals surface area (Å²) in [5.74, 6) is -0.223. The van der Waals surface area contributed by atoms with E-state index in [1.165, 1.54) is 0 Å². The molecule has 0 aliphatic heterocycles. The molecule has 0 aromatic carbocycles. The number of likely N-dealkylation sites (N-methyl/N-ethyl adjacent to an activating group) is 1. The monoisotopic (exact) mass is 204 g/mol. The van der Waals surface area contributed by atoms with Gasteiger partial charge in [-0.2, -0.15) is 0 Å². The number of hydrogen-bond donors (Lipinski definition) is 1. The van der Waals surface area contributed by atoms with Gasteiger partial charge >= 0.3 is 6.09 Å². The molecule has 0 saturated carbocycles. The predicted molar refractivity (Wildman–Crippen MR) is 54.8 cm³/mol. The lowest BCUT2D eigenvalue weighted by molar-refractivity contribution is -0.133. The summed E-state index contributed by atoms with van der Waals surface area (Å²) in [4.78, 5) is 22.8. The Morgan fingerprint density at radius 3 is 1.93 bits per heavy atom. The third-order valence-corrected chi connectivity index (χ3v) is 1.45. The van der Waals surface area contributed by atoms with Gasteiger partial charge in [0.2, 0.25) is 0 Å². The van der Waals surface area contributed by atoms with Gasteiger partial charge in [0.1, 0.15) is 0 Å². The van der Waals surface area contributed by atoms with Crippen LogP contribution < -0.4 is 5.73 Å². The molecule has 0 saturated heterocycles. The summed E-state index contributed by atoms with van der Waals surface area (Å²) in [7, 11) is 0. The SMILES string of the molecule is CC.CCN(CC)C(=O)COC(N)=O. The molecular weight excluding hydrogens is 184 g/mol. The fraction of sp³-hybridized carbons (Fsp3) is 0.778. The first-order valence-corrected chi connectivity index (χ1v) is 4.81. The van der Waals surface area contributed by atoms with Gasteiger partial charge in [-0.1, -0.05) is 13.8 Å². The molecule has 0 radical (unpaired) electrons. The Bertz CT molecular complexity index is 167. The number of amides is 2. The third-order valence-electron chi connectivity index (χ3n) is 1.45. The summed E-state index contributed by atoms with van der Waals surface area (Å²) in [6.07, 6.45) is -0.921. The molecule has 0 spiro atoms. The van der Waals surface area contributed by atoms with Crippen LogP contribution in [0.2, 0.25) is 0 Å². The molecule has 0 rings (SSSR count). The number of nitrogens with zero attached hydrogens (tertiary/aromatic N) is 1. The highest BCUT2D eigenvalue weighted by Crippen LogP contribution is 1.89. The normalized spacial score (nSPS) is 8.29. The van der Waals surface area contributed by atoms with Gasteiger partial charge in [-0.3, -0.25) is 4.79 Å². The molecule has 0 aliphatic carbocycles. The Labute approximate surface area is 85.2 Å². The van der Waals surface area contributed by atoms with E-state index in [0.717, 1.165) is 0 Å². The van der Waals surface area contributed by atoms with Gasteiger partial charge in [0.05, 0.1) is 0 Å². The predicted octanol–water partition coefficient (Wildman–Crippen LogP) is 0.976. The minimum atomic E-state index is -0.921. The molecule has 0 bridgehead atoms. The van der Waals surface area contributed by atoms with Crippen LogP contribution in [-0.4, -0.2) is 36.6 Å². The molecule has 14 heavy (non-hydrogen) atoms. The van der Waals surface area contributed by atoms with Gasteiger partial charge < -0.3 is 15.4 Å². The zero-order valence-electron chi connectivity index (χ0n) is 9.37. The zero-order valence-corrected chi connectivity index (χ0v) is 9.37. The van der Waals surface area contributed by atoms with Crippen LogP contribution in [-0.2, 0) is 9.53 Å². The molecule has 0 aromatic rings. The highest BCUT2D eigenvalue weighted by molar-refractivity contribution is 5.79. The maximum Gasteiger partial charge on any atom is 0.405 e. The van der Waals surface area contributed by atoms with Gasteiger partial charge in [-0.25, -0.2) is 4.79 Å². The molecule has 0 unspecified atom stereocenters. The van der Waals surface area contributed by atoms with Crippen LogP contribution in [0.1, 0.15) is 27.7 Å². The van der Waals surface area contributed by atoms with Gasteiger partial charge in [0.25, 0.3) is 5.91 Å². The summed E-state index contributed by atoms with van der Waals surface area (Å²) in [5, 5.41) is 0. The van der Waals surface area contributed by atoms with Crippen molar-refractivity contribution < 1.29 is 14.3 Å². The van der Waals surface area contributed by atoms with E-state index in [1.54, 1.807) is 4.90 Å². The van der Waals surface area contributed by atoms with Crippen molar-refractivity contribution in [2.75, 3.05) is 19.7 Å². The summed E-state index contributed by atoms with van der Waals surface area (Å²) >= 11 is 0. The summed E-state index contributed by atoms with van der Waals surface area (Å²) in [5.41, 5.74) is 4.69. The second-order valence-corrected chi connectivity index (χ2v) is 2.17. The van der Waals surface area contributed by atoms with Crippen molar-refractivity contribution in [3.8, 4) is 0 Å². The minimum Gasteiger partial charge on any atom is -0.440 e. The molecule has 2 N–H and O–H groups in total. The maximum atomic E-state index is 11.1. The smallest absolute Gasteiger partial charge is 0.405 e. The van der Waals surface area contributed by atoms with Gasteiger partial charge in [0.15, 0.2) is 6.61 Å². The van der Waals surface area contributed by atoms with Crippen molar-refractivity contribution in [3.63, 3.8) is 0 Å². The number of carbonyl (C=O) groups is 2. The van der Waals surface area contributed by atoms with Crippen LogP contribution >= 0.6 is 0 Å². The van der Waals surface area contributed by atoms with Crippen LogP contribution in [0.4, 0.5) is 4.79 Å². The molecule has 5 heteroatoms. The number of carbonyl (C=O) groups excluding carboxylic acids is 2. The molecule has 0 aliphatic rings. The van der Waals surface area contributed by atoms with E-state index in [0.29, 0.717) is 13.1 Å². The number of primary amides is 1. The Kier molecular flexibility index (Phi) is 10.7. The van der Waals surface area contributed by atoms with Gasteiger partial charge in [0, 0.05) is 13.1 Å². The Hall–Kier alpha value is -1.26. The fourth-order valence-electron chi connectivity index (χ4n) is 0.800. The summed E-state index contributed by atoms with van der Waals surface area (Å²) < 4.78 is 4.34. The number of hydrogen-bond acceptors (Lipinski definition) is 3. The highest BCUT2D eigenvalue weighted by atomic mass is 16.5. The molecular formula is C9H20N2O3. The van der Waals surface area contributed by atoms with E-state index in [-0.39, 0.29) is 12.5 Å². The molecule has 0 aromatic heterocycles. The van der Waals surface area contributed by atoms with Crippen LogP contribution in [0.25, 0.3) is 0 Å². The van der Waals surface area contributed by atoms with Crippen molar-refractivity contribution in [3.05, 3.63) is 0 Å². The maximum absolute atomic E-state index is 11.1. The van der Waals surface area contributed by atoms with Crippen molar-refractivity contribution >= 4 is 12.0 Å².